The van der Waals surface area contributed by atoms with Crippen molar-refractivity contribution in [2.24, 2.45) is 29.1 Å². The lowest BCUT2D eigenvalue weighted by atomic mass is 9.67. The molecule has 5 aliphatic rings. The van der Waals surface area contributed by atoms with Crippen LogP contribution in [0.1, 0.15) is 162 Å². The predicted molar refractivity (Wildman–Crippen MR) is 262 cm³/mol. The average molecular weight is 873 g/mol. The summed E-state index contributed by atoms with van der Waals surface area (Å²) < 4.78 is 18.9. The Labute approximate surface area is 385 Å². The van der Waals surface area contributed by atoms with E-state index in [1.54, 1.807) is 0 Å². The van der Waals surface area contributed by atoms with Crippen LogP contribution in [0.3, 0.4) is 0 Å². The van der Waals surface area contributed by atoms with E-state index in [1.807, 2.05) is 0 Å². The number of hydrogen-bond acceptors (Lipinski definition) is 9. The van der Waals surface area contributed by atoms with Crippen molar-refractivity contribution >= 4 is 0 Å². The van der Waals surface area contributed by atoms with Gasteiger partial charge in [0.25, 0.3) is 0 Å². The fourth-order valence-corrected chi connectivity index (χ4v) is 12.1. The minimum absolute atomic E-state index is 0.0140. The Bertz CT molecular complexity index is 1320. The van der Waals surface area contributed by atoms with Crippen LogP contribution in [0, 0.1) is 29.1 Å². The highest BCUT2D eigenvalue weighted by atomic mass is 16.5. The Hall–Kier alpha value is -0.360. The van der Waals surface area contributed by atoms with E-state index in [4.69, 9.17) is 14.2 Å². The SMILES string of the molecule is CN(CCOC(C)(C)C)C1CCC(C(C)(C)CC2CN(C(C)(C)C)CCN2CC2CCN(CCOC(C)(C)CC(C)(C)N3CCN(CCC4CC4COC(C)(C)C)CC3)C2)CC1. The molecular weight excluding hydrogens is 769 g/mol. The van der Waals surface area contributed by atoms with Gasteiger partial charge in [0.05, 0.1) is 36.6 Å². The first kappa shape index (κ1) is 52.6. The standard InChI is InChI=1S/C53H104N6O3/c1-48(2,3)59-30-27-57(47(39-59)36-51(10,11)45-17-19-46(20-18-45)54(16)31-33-60-49(4,5)6)38-42-21-23-56(37-42)32-34-61-53(14,15)41-52(12,13)58-28-25-55(26-29-58)24-22-43-35-44(43)40-62-50(7,8)9/h42-47H,17-41H2,1-16H3. The van der Waals surface area contributed by atoms with Crippen molar-refractivity contribution in [3.8, 4) is 0 Å². The lowest BCUT2D eigenvalue weighted by Gasteiger charge is -2.51. The maximum Gasteiger partial charge on any atom is 0.0644 e. The summed E-state index contributed by atoms with van der Waals surface area (Å²) in [5.74, 6) is 3.23. The third-order valence-electron chi connectivity index (χ3n) is 16.2. The molecule has 2 saturated carbocycles. The number of nitrogens with zero attached hydrogens (tertiary/aromatic N) is 6. The van der Waals surface area contributed by atoms with Gasteiger partial charge < -0.3 is 28.9 Å². The van der Waals surface area contributed by atoms with Crippen LogP contribution >= 0.6 is 0 Å². The molecule has 0 spiro atoms. The van der Waals surface area contributed by atoms with Crippen molar-refractivity contribution < 1.29 is 14.2 Å². The van der Waals surface area contributed by atoms with Crippen LogP contribution in [0.25, 0.3) is 0 Å². The second kappa shape index (κ2) is 21.7. The summed E-state index contributed by atoms with van der Waals surface area (Å²) in [5.41, 5.74) is 0.482. The van der Waals surface area contributed by atoms with Gasteiger partial charge in [-0.15, -0.1) is 0 Å². The molecule has 9 nitrogen and oxygen atoms in total. The van der Waals surface area contributed by atoms with E-state index < -0.39 is 0 Å². The highest BCUT2D eigenvalue weighted by Crippen LogP contribution is 2.44. The van der Waals surface area contributed by atoms with Gasteiger partial charge in [-0.3, -0.25) is 14.7 Å². The fraction of sp³-hybridized carbons (Fsp3) is 1.00. The topological polar surface area (TPSA) is 47.1 Å². The largest absolute Gasteiger partial charge is 0.376 e. The molecule has 0 aromatic rings. The lowest BCUT2D eigenvalue weighted by Crippen LogP contribution is -2.60. The summed E-state index contributed by atoms with van der Waals surface area (Å²) in [6, 6.07) is 1.33. The van der Waals surface area contributed by atoms with Gasteiger partial charge in [-0.05, 0) is 197 Å². The lowest BCUT2D eigenvalue weighted by molar-refractivity contribution is -0.0686. The Kier molecular flexibility index (Phi) is 18.4. The monoisotopic (exact) mass is 873 g/mol. The summed E-state index contributed by atoms with van der Waals surface area (Å²) in [4.78, 5) is 16.5. The van der Waals surface area contributed by atoms with Crippen LogP contribution in [-0.4, -0.2) is 181 Å². The molecular formula is C53H104N6O3. The molecule has 2 aliphatic carbocycles. The number of likely N-dealkylation sites (N-methyl/N-ethyl adjacent to an activating group) is 1. The molecule has 3 heterocycles. The second-order valence-corrected chi connectivity index (χ2v) is 26.3. The third-order valence-corrected chi connectivity index (χ3v) is 16.2. The van der Waals surface area contributed by atoms with Crippen LogP contribution in [0.5, 0.6) is 0 Å². The highest BCUT2D eigenvalue weighted by Gasteiger charge is 2.42. The molecule has 3 saturated heterocycles. The smallest absolute Gasteiger partial charge is 0.0644 e. The van der Waals surface area contributed by atoms with Crippen molar-refractivity contribution in [1.82, 2.24) is 29.4 Å². The molecule has 0 N–H and O–H groups in total. The molecule has 364 valence electrons. The molecule has 0 amide bonds. The zero-order valence-corrected chi connectivity index (χ0v) is 44.0. The van der Waals surface area contributed by atoms with Gasteiger partial charge >= 0.3 is 0 Å². The maximum atomic E-state index is 6.76. The summed E-state index contributed by atoms with van der Waals surface area (Å²) in [7, 11) is 2.32. The molecule has 0 aromatic heterocycles. The quantitative estimate of drug-likeness (QED) is 0.112. The number of piperazine rings is 2. The van der Waals surface area contributed by atoms with E-state index in [-0.39, 0.29) is 27.9 Å². The number of ether oxygens (including phenoxy) is 3. The average Bonchev–Trinajstić information content (AvgIpc) is 3.78. The van der Waals surface area contributed by atoms with E-state index in [9.17, 15) is 0 Å². The zero-order valence-electron chi connectivity index (χ0n) is 44.0. The predicted octanol–water partition coefficient (Wildman–Crippen LogP) is 9.24. The van der Waals surface area contributed by atoms with E-state index in [0.717, 1.165) is 76.1 Å². The summed E-state index contributed by atoms with van der Waals surface area (Å²) in [5, 5.41) is 0. The molecule has 0 bridgehead atoms. The molecule has 5 rings (SSSR count). The number of hydrogen-bond donors (Lipinski definition) is 0. The van der Waals surface area contributed by atoms with E-state index in [1.165, 1.54) is 110 Å². The number of rotatable bonds is 21. The molecule has 3 aliphatic heterocycles. The zero-order chi connectivity index (χ0) is 45.7. The summed E-state index contributed by atoms with van der Waals surface area (Å²) in [6.07, 6.45) is 11.8. The fourth-order valence-electron chi connectivity index (χ4n) is 12.1. The van der Waals surface area contributed by atoms with Gasteiger partial charge in [-0.1, -0.05) is 13.8 Å². The molecule has 62 heavy (non-hydrogen) atoms. The van der Waals surface area contributed by atoms with Crippen LogP contribution in [0.15, 0.2) is 0 Å². The molecule has 5 fully saturated rings. The van der Waals surface area contributed by atoms with Crippen molar-refractivity contribution in [3.05, 3.63) is 0 Å². The van der Waals surface area contributed by atoms with Gasteiger partial charge in [0.1, 0.15) is 0 Å². The van der Waals surface area contributed by atoms with E-state index in [2.05, 4.69) is 140 Å². The minimum atomic E-state index is -0.140. The minimum Gasteiger partial charge on any atom is -0.376 e. The Morgan fingerprint density at radius 2 is 1.24 bits per heavy atom. The maximum absolute atomic E-state index is 6.76. The normalized spacial score (nSPS) is 29.0. The van der Waals surface area contributed by atoms with Crippen molar-refractivity contribution in [1.29, 1.82) is 0 Å². The van der Waals surface area contributed by atoms with Gasteiger partial charge in [0.15, 0.2) is 0 Å². The van der Waals surface area contributed by atoms with E-state index >= 15 is 0 Å². The summed E-state index contributed by atoms with van der Waals surface area (Å²) >= 11 is 0. The van der Waals surface area contributed by atoms with Crippen LogP contribution in [0.4, 0.5) is 0 Å². The first-order chi connectivity index (χ1) is 28.7. The van der Waals surface area contributed by atoms with Crippen molar-refractivity contribution in [2.45, 2.75) is 202 Å². The first-order valence-corrected chi connectivity index (χ1v) is 26.0. The Morgan fingerprint density at radius 1 is 0.597 bits per heavy atom. The number of likely N-dealkylation sites (tertiary alicyclic amines) is 1. The van der Waals surface area contributed by atoms with Gasteiger partial charge in [-0.2, -0.15) is 0 Å². The molecule has 0 aromatic carbocycles. The van der Waals surface area contributed by atoms with Crippen molar-refractivity contribution in [2.75, 3.05) is 112 Å². The van der Waals surface area contributed by atoms with Crippen LogP contribution in [0.2, 0.25) is 0 Å². The van der Waals surface area contributed by atoms with E-state index in [0.29, 0.717) is 17.5 Å². The molecule has 4 unspecified atom stereocenters. The third kappa shape index (κ3) is 17.1. The van der Waals surface area contributed by atoms with Crippen LogP contribution < -0.4 is 0 Å². The molecule has 0 radical (unpaired) electrons. The van der Waals surface area contributed by atoms with Crippen LogP contribution in [-0.2, 0) is 14.2 Å². The Morgan fingerprint density at radius 3 is 1.87 bits per heavy atom. The second-order valence-electron chi connectivity index (χ2n) is 26.3. The highest BCUT2D eigenvalue weighted by molar-refractivity contribution is 4.96. The van der Waals surface area contributed by atoms with Gasteiger partial charge in [0.2, 0.25) is 0 Å². The Balaban J connectivity index is 1.02. The first-order valence-electron chi connectivity index (χ1n) is 26.0. The van der Waals surface area contributed by atoms with Gasteiger partial charge in [0, 0.05) is 95.2 Å². The van der Waals surface area contributed by atoms with Crippen molar-refractivity contribution in [3.63, 3.8) is 0 Å². The van der Waals surface area contributed by atoms with Gasteiger partial charge in [-0.25, -0.2) is 0 Å². The summed E-state index contributed by atoms with van der Waals surface area (Å²) in [6.45, 7) is 53.0. The molecule has 9 heteroatoms. The molecule has 4 atom stereocenters.